The molecule has 0 heterocycles. The molecule has 0 N–H and O–H groups in total. The maximum Gasteiger partial charge on any atom is 0.119 e. The first kappa shape index (κ1) is 18.8. The molecular weight excluding hydrogens is 356 g/mol. The lowest BCUT2D eigenvalue weighted by atomic mass is 10.0. The number of hydrazone groups is 1. The van der Waals surface area contributed by atoms with Crippen LogP contribution >= 0.6 is 0 Å². The molecule has 144 valence electrons. The molecule has 29 heavy (non-hydrogen) atoms. The van der Waals surface area contributed by atoms with Crippen LogP contribution in [0.15, 0.2) is 102 Å². The van der Waals surface area contributed by atoms with Gasteiger partial charge in [-0.25, -0.2) is 0 Å². The molecule has 0 bridgehead atoms. The molecule has 0 aliphatic heterocycles. The second kappa shape index (κ2) is 8.61. The van der Waals surface area contributed by atoms with Gasteiger partial charge in [-0.05, 0) is 59.2 Å². The first-order valence-electron chi connectivity index (χ1n) is 9.73. The van der Waals surface area contributed by atoms with E-state index in [-0.39, 0.29) is 0 Å². The molecule has 3 nitrogen and oxygen atoms in total. The van der Waals surface area contributed by atoms with Gasteiger partial charge in [-0.2, -0.15) is 5.10 Å². The number of para-hydroxylation sites is 1. The molecular formula is C26H24N2O. The number of rotatable bonds is 6. The molecule has 0 fully saturated rings. The Labute approximate surface area is 171 Å². The Morgan fingerprint density at radius 1 is 0.793 bits per heavy atom. The number of benzene rings is 4. The topological polar surface area (TPSA) is 24.8 Å². The van der Waals surface area contributed by atoms with Gasteiger partial charge in [0.25, 0.3) is 0 Å². The van der Waals surface area contributed by atoms with Gasteiger partial charge in [-0.15, -0.1) is 0 Å². The van der Waals surface area contributed by atoms with E-state index in [0.29, 0.717) is 6.54 Å². The van der Waals surface area contributed by atoms with Gasteiger partial charge in [-0.1, -0.05) is 66.7 Å². The number of hydrogen-bond donors (Lipinski definition) is 0. The Bertz CT molecular complexity index is 1120. The molecule has 0 aliphatic carbocycles. The van der Waals surface area contributed by atoms with Crippen molar-refractivity contribution in [3.63, 3.8) is 0 Å². The van der Waals surface area contributed by atoms with E-state index in [1.165, 1.54) is 10.9 Å². The summed E-state index contributed by atoms with van der Waals surface area (Å²) in [4.78, 5) is 0. The molecule has 0 unspecified atom stereocenters. The van der Waals surface area contributed by atoms with Crippen LogP contribution in [0.1, 0.15) is 18.1 Å². The van der Waals surface area contributed by atoms with E-state index < -0.39 is 0 Å². The van der Waals surface area contributed by atoms with Gasteiger partial charge in [0.15, 0.2) is 0 Å². The summed E-state index contributed by atoms with van der Waals surface area (Å²) in [7, 11) is 1.69. The Balaban J connectivity index is 1.68. The Hall–Kier alpha value is -3.59. The Morgan fingerprint density at radius 3 is 2.17 bits per heavy atom. The maximum atomic E-state index is 5.33. The van der Waals surface area contributed by atoms with Crippen molar-refractivity contribution in [3.05, 3.63) is 108 Å². The molecule has 0 atom stereocenters. The third-order valence-corrected chi connectivity index (χ3v) is 4.97. The summed E-state index contributed by atoms with van der Waals surface area (Å²) in [5.41, 5.74) is 4.37. The van der Waals surface area contributed by atoms with Crippen molar-refractivity contribution in [3.8, 4) is 5.75 Å². The smallest absolute Gasteiger partial charge is 0.119 e. The van der Waals surface area contributed by atoms with E-state index in [0.717, 1.165) is 28.1 Å². The lowest BCUT2D eigenvalue weighted by Crippen LogP contribution is -2.18. The zero-order chi connectivity index (χ0) is 20.1. The third kappa shape index (κ3) is 4.46. The average Bonchev–Trinajstić information content (AvgIpc) is 2.79. The van der Waals surface area contributed by atoms with Crippen LogP contribution < -0.4 is 9.75 Å². The van der Waals surface area contributed by atoms with Gasteiger partial charge < -0.3 is 4.74 Å². The number of nitrogens with zero attached hydrogens (tertiary/aromatic N) is 2. The quantitative estimate of drug-likeness (QED) is 0.290. The fourth-order valence-corrected chi connectivity index (χ4v) is 3.36. The van der Waals surface area contributed by atoms with Gasteiger partial charge in [-0.3, -0.25) is 5.01 Å². The fourth-order valence-electron chi connectivity index (χ4n) is 3.36. The molecule has 0 radical (unpaired) electrons. The second-order valence-corrected chi connectivity index (χ2v) is 6.99. The van der Waals surface area contributed by atoms with Crippen molar-refractivity contribution in [2.24, 2.45) is 5.10 Å². The minimum absolute atomic E-state index is 0.715. The predicted molar refractivity (Wildman–Crippen MR) is 122 cm³/mol. The molecule has 0 saturated heterocycles. The SMILES string of the molecule is COc1ccc2cc(/C(C)=N\N(Cc3ccccc3)c3ccccc3)ccc2c1. The largest absolute Gasteiger partial charge is 0.497 e. The molecule has 3 heteroatoms. The van der Waals surface area contributed by atoms with E-state index >= 15 is 0 Å². The monoisotopic (exact) mass is 380 g/mol. The fraction of sp³-hybridized carbons (Fsp3) is 0.115. The molecule has 0 aromatic heterocycles. The number of anilines is 1. The maximum absolute atomic E-state index is 5.33. The van der Waals surface area contributed by atoms with E-state index in [2.05, 4.69) is 78.7 Å². The summed E-state index contributed by atoms with van der Waals surface area (Å²) in [6, 6.07) is 33.3. The van der Waals surface area contributed by atoms with Crippen LogP contribution in [0.25, 0.3) is 10.8 Å². The molecule has 0 aliphatic rings. The molecule has 0 saturated carbocycles. The molecule has 0 spiro atoms. The minimum Gasteiger partial charge on any atom is -0.497 e. The van der Waals surface area contributed by atoms with Crippen molar-refractivity contribution >= 4 is 22.2 Å². The van der Waals surface area contributed by atoms with E-state index in [4.69, 9.17) is 9.84 Å². The summed E-state index contributed by atoms with van der Waals surface area (Å²) < 4.78 is 5.33. The first-order chi connectivity index (χ1) is 14.2. The highest BCUT2D eigenvalue weighted by Gasteiger charge is 2.08. The minimum atomic E-state index is 0.715. The molecule has 0 amide bonds. The van der Waals surface area contributed by atoms with Crippen molar-refractivity contribution < 1.29 is 4.74 Å². The highest BCUT2D eigenvalue weighted by molar-refractivity contribution is 6.02. The third-order valence-electron chi connectivity index (χ3n) is 4.97. The Kier molecular flexibility index (Phi) is 5.57. The van der Waals surface area contributed by atoms with Crippen molar-refractivity contribution in [2.45, 2.75) is 13.5 Å². The Morgan fingerprint density at radius 2 is 1.45 bits per heavy atom. The van der Waals surface area contributed by atoms with Gasteiger partial charge in [0.2, 0.25) is 0 Å². The number of ether oxygens (including phenoxy) is 1. The first-order valence-corrected chi connectivity index (χ1v) is 9.73. The van der Waals surface area contributed by atoms with Crippen molar-refractivity contribution in [1.29, 1.82) is 0 Å². The van der Waals surface area contributed by atoms with Crippen LogP contribution in [0.3, 0.4) is 0 Å². The highest BCUT2D eigenvalue weighted by Crippen LogP contribution is 2.23. The highest BCUT2D eigenvalue weighted by atomic mass is 16.5. The summed E-state index contributed by atoms with van der Waals surface area (Å²) in [6.07, 6.45) is 0. The van der Waals surface area contributed by atoms with Crippen LogP contribution in [-0.4, -0.2) is 12.8 Å². The molecule has 4 rings (SSSR count). The van der Waals surface area contributed by atoms with Crippen LogP contribution in [0, 0.1) is 0 Å². The van der Waals surface area contributed by atoms with Gasteiger partial charge in [0.05, 0.1) is 25.1 Å². The number of hydrogen-bond acceptors (Lipinski definition) is 3. The zero-order valence-corrected chi connectivity index (χ0v) is 16.7. The van der Waals surface area contributed by atoms with Crippen LogP contribution in [0.2, 0.25) is 0 Å². The zero-order valence-electron chi connectivity index (χ0n) is 16.7. The van der Waals surface area contributed by atoms with Crippen LogP contribution in [0.4, 0.5) is 5.69 Å². The van der Waals surface area contributed by atoms with Gasteiger partial charge >= 0.3 is 0 Å². The van der Waals surface area contributed by atoms with E-state index in [1.54, 1.807) is 7.11 Å². The van der Waals surface area contributed by atoms with Crippen molar-refractivity contribution in [2.75, 3.05) is 12.1 Å². The summed E-state index contributed by atoms with van der Waals surface area (Å²) >= 11 is 0. The summed E-state index contributed by atoms with van der Waals surface area (Å²) in [6.45, 7) is 2.78. The lowest BCUT2D eigenvalue weighted by Gasteiger charge is -2.21. The molecule has 4 aromatic carbocycles. The van der Waals surface area contributed by atoms with Crippen LogP contribution in [-0.2, 0) is 6.54 Å². The van der Waals surface area contributed by atoms with Crippen LogP contribution in [0.5, 0.6) is 5.75 Å². The summed E-state index contributed by atoms with van der Waals surface area (Å²) in [5.74, 6) is 0.869. The number of fused-ring (bicyclic) bond motifs is 1. The number of methoxy groups -OCH3 is 1. The van der Waals surface area contributed by atoms with Gasteiger partial charge in [0.1, 0.15) is 5.75 Å². The van der Waals surface area contributed by atoms with Crippen molar-refractivity contribution in [1.82, 2.24) is 0 Å². The second-order valence-electron chi connectivity index (χ2n) is 6.99. The van der Waals surface area contributed by atoms with E-state index in [9.17, 15) is 0 Å². The predicted octanol–water partition coefficient (Wildman–Crippen LogP) is 6.28. The molecule has 4 aromatic rings. The average molecular weight is 380 g/mol. The van der Waals surface area contributed by atoms with E-state index in [1.807, 2.05) is 30.3 Å². The normalized spacial score (nSPS) is 11.4. The lowest BCUT2D eigenvalue weighted by molar-refractivity contribution is 0.415. The standard InChI is InChI=1S/C26H24N2O/c1-20(22-13-14-24-18-26(29-2)16-15-23(24)17-22)27-28(25-11-7-4-8-12-25)19-21-9-5-3-6-10-21/h3-18H,19H2,1-2H3/b27-20-. The summed E-state index contributed by atoms with van der Waals surface area (Å²) in [5, 5.41) is 9.37. The van der Waals surface area contributed by atoms with Gasteiger partial charge in [0, 0.05) is 0 Å².